The van der Waals surface area contributed by atoms with Gasteiger partial charge in [0.05, 0.1) is 8.49 Å². The topological polar surface area (TPSA) is 77.3 Å². The largest absolute Gasteiger partial charge is 0.298 e. The highest BCUT2D eigenvalue weighted by Gasteiger charge is 2.17. The van der Waals surface area contributed by atoms with E-state index in [-0.39, 0.29) is 22.6 Å². The number of Topliss-reactive ketones (excluding diaryl/α,β-unsaturated/α-hetero) is 1. The lowest BCUT2D eigenvalue weighted by molar-refractivity contribution is -0.385. The monoisotopic (exact) mass is 319 g/mol. The van der Waals surface area contributed by atoms with E-state index in [1.807, 2.05) is 0 Å². The molecule has 0 aromatic heterocycles. The Kier molecular flexibility index (Phi) is 3.51. The van der Waals surface area contributed by atoms with Gasteiger partial charge in [-0.3, -0.25) is 19.7 Å². The van der Waals surface area contributed by atoms with Gasteiger partial charge in [0.2, 0.25) is 0 Å². The third-order valence-electron chi connectivity index (χ3n) is 1.82. The molecule has 0 aliphatic heterocycles. The third kappa shape index (κ3) is 2.38. The van der Waals surface area contributed by atoms with Crippen LogP contribution in [0.25, 0.3) is 0 Å². The highest BCUT2D eigenvalue weighted by atomic mass is 127. The first-order valence-electron chi connectivity index (χ1n) is 3.91. The van der Waals surface area contributed by atoms with Gasteiger partial charge in [0.1, 0.15) is 0 Å². The number of ketones is 1. The number of halogens is 1. The predicted octanol–water partition coefficient (Wildman–Crippen LogP) is 2.21. The zero-order valence-corrected chi connectivity index (χ0v) is 9.85. The Balaban J connectivity index is 3.48. The lowest BCUT2D eigenvalue weighted by Crippen LogP contribution is -2.02. The quantitative estimate of drug-likeness (QED) is 0.281. The standard InChI is InChI=1S/C9H6INO4/c1-5(13)7-3-8(10)9(11(14)15)2-6(7)4-12/h2-4H,1H3. The van der Waals surface area contributed by atoms with Gasteiger partial charge in [0, 0.05) is 17.2 Å². The SMILES string of the molecule is CC(=O)c1cc(I)c([N+](=O)[O-])cc1C=O. The van der Waals surface area contributed by atoms with E-state index in [0.29, 0.717) is 9.86 Å². The first-order chi connectivity index (χ1) is 6.97. The van der Waals surface area contributed by atoms with Crippen LogP contribution in [0, 0.1) is 13.7 Å². The molecule has 78 valence electrons. The second-order valence-electron chi connectivity index (χ2n) is 2.82. The van der Waals surface area contributed by atoms with Crippen molar-refractivity contribution in [2.45, 2.75) is 6.92 Å². The molecule has 0 heterocycles. The van der Waals surface area contributed by atoms with E-state index < -0.39 is 4.92 Å². The summed E-state index contributed by atoms with van der Waals surface area (Å²) in [6, 6.07) is 2.47. The highest BCUT2D eigenvalue weighted by molar-refractivity contribution is 14.1. The van der Waals surface area contributed by atoms with Crippen molar-refractivity contribution in [2.24, 2.45) is 0 Å². The van der Waals surface area contributed by atoms with Crippen molar-refractivity contribution >= 4 is 40.3 Å². The first-order valence-corrected chi connectivity index (χ1v) is 4.99. The minimum atomic E-state index is -0.585. The van der Waals surface area contributed by atoms with E-state index in [2.05, 4.69) is 0 Å². The van der Waals surface area contributed by atoms with Crippen LogP contribution < -0.4 is 0 Å². The summed E-state index contributed by atoms with van der Waals surface area (Å²) in [7, 11) is 0. The summed E-state index contributed by atoms with van der Waals surface area (Å²) >= 11 is 1.76. The fourth-order valence-corrected chi connectivity index (χ4v) is 1.78. The second kappa shape index (κ2) is 4.47. The molecule has 0 amide bonds. The molecule has 0 saturated carbocycles. The number of carbonyl (C=O) groups excluding carboxylic acids is 2. The molecular formula is C9H6INO4. The van der Waals surface area contributed by atoms with Crippen molar-refractivity contribution in [3.05, 3.63) is 36.9 Å². The van der Waals surface area contributed by atoms with E-state index in [1.54, 1.807) is 22.6 Å². The van der Waals surface area contributed by atoms with Gasteiger partial charge in [-0.2, -0.15) is 0 Å². The van der Waals surface area contributed by atoms with Crippen LogP contribution in [0.1, 0.15) is 27.6 Å². The fraction of sp³-hybridized carbons (Fsp3) is 0.111. The van der Waals surface area contributed by atoms with Crippen LogP contribution in [0.3, 0.4) is 0 Å². The number of nitrogens with zero attached hydrogens (tertiary/aromatic N) is 1. The molecule has 0 spiro atoms. The van der Waals surface area contributed by atoms with Crippen LogP contribution in [-0.2, 0) is 0 Å². The summed E-state index contributed by atoms with van der Waals surface area (Å²) in [5, 5.41) is 10.6. The Labute approximate surface area is 98.8 Å². The van der Waals surface area contributed by atoms with Gasteiger partial charge < -0.3 is 0 Å². The van der Waals surface area contributed by atoms with Crippen LogP contribution >= 0.6 is 22.6 Å². The molecule has 0 atom stereocenters. The maximum absolute atomic E-state index is 11.1. The smallest absolute Gasteiger partial charge is 0.283 e. The van der Waals surface area contributed by atoms with Gasteiger partial charge in [-0.05, 0) is 35.6 Å². The minimum Gasteiger partial charge on any atom is -0.298 e. The van der Waals surface area contributed by atoms with Crippen molar-refractivity contribution in [1.82, 2.24) is 0 Å². The molecule has 0 fully saturated rings. The molecule has 15 heavy (non-hydrogen) atoms. The Hall–Kier alpha value is -1.31. The van der Waals surface area contributed by atoms with Crippen LogP contribution in [0.2, 0.25) is 0 Å². The summed E-state index contributed by atoms with van der Waals surface area (Å²) in [5.41, 5.74) is 0.0947. The van der Waals surface area contributed by atoms with Gasteiger partial charge in [0.15, 0.2) is 12.1 Å². The van der Waals surface area contributed by atoms with Crippen LogP contribution in [-0.4, -0.2) is 17.0 Å². The van der Waals surface area contributed by atoms with Crippen molar-refractivity contribution in [3.63, 3.8) is 0 Å². The van der Waals surface area contributed by atoms with Crippen LogP contribution in [0.4, 0.5) is 5.69 Å². The van der Waals surface area contributed by atoms with E-state index >= 15 is 0 Å². The van der Waals surface area contributed by atoms with E-state index in [4.69, 9.17) is 0 Å². The molecule has 1 rings (SSSR count). The fourth-order valence-electron chi connectivity index (χ4n) is 1.12. The summed E-state index contributed by atoms with van der Waals surface area (Å²) in [5.74, 6) is -0.287. The number of rotatable bonds is 3. The second-order valence-corrected chi connectivity index (χ2v) is 3.98. The number of nitro benzene ring substituents is 1. The van der Waals surface area contributed by atoms with Gasteiger partial charge >= 0.3 is 0 Å². The van der Waals surface area contributed by atoms with E-state index in [1.165, 1.54) is 13.0 Å². The average molecular weight is 319 g/mol. The van der Waals surface area contributed by atoms with E-state index in [9.17, 15) is 19.7 Å². The summed E-state index contributed by atoms with van der Waals surface area (Å²) < 4.78 is 0.341. The maximum atomic E-state index is 11.1. The molecule has 1 aromatic rings. The zero-order chi connectivity index (χ0) is 11.6. The Morgan fingerprint density at radius 2 is 2.13 bits per heavy atom. The Morgan fingerprint density at radius 3 is 2.53 bits per heavy atom. The first kappa shape index (κ1) is 11.8. The molecule has 0 unspecified atom stereocenters. The van der Waals surface area contributed by atoms with Crippen LogP contribution in [0.5, 0.6) is 0 Å². The number of carbonyl (C=O) groups is 2. The number of aldehydes is 1. The van der Waals surface area contributed by atoms with Crippen molar-refractivity contribution < 1.29 is 14.5 Å². The van der Waals surface area contributed by atoms with Crippen LogP contribution in [0.15, 0.2) is 12.1 Å². The maximum Gasteiger partial charge on any atom is 0.283 e. The zero-order valence-electron chi connectivity index (χ0n) is 7.69. The normalized spacial score (nSPS) is 9.73. The lowest BCUT2D eigenvalue weighted by atomic mass is 10.0. The van der Waals surface area contributed by atoms with Gasteiger partial charge in [-0.25, -0.2) is 0 Å². The number of nitro groups is 1. The molecule has 0 bridgehead atoms. The number of hydrogen-bond acceptors (Lipinski definition) is 4. The van der Waals surface area contributed by atoms with E-state index in [0.717, 1.165) is 6.07 Å². The molecule has 1 aromatic carbocycles. The summed E-state index contributed by atoms with van der Waals surface area (Å²) in [6.45, 7) is 1.31. The molecule has 0 radical (unpaired) electrons. The summed E-state index contributed by atoms with van der Waals surface area (Å²) in [6.07, 6.45) is 0.444. The third-order valence-corrected chi connectivity index (χ3v) is 2.69. The summed E-state index contributed by atoms with van der Waals surface area (Å²) in [4.78, 5) is 31.8. The molecular weight excluding hydrogens is 313 g/mol. The lowest BCUT2D eigenvalue weighted by Gasteiger charge is -2.02. The Bertz CT molecular complexity index is 456. The molecule has 0 aliphatic rings. The van der Waals surface area contributed by atoms with Gasteiger partial charge in [0.25, 0.3) is 5.69 Å². The molecule has 5 nitrogen and oxygen atoms in total. The van der Waals surface area contributed by atoms with Gasteiger partial charge in [-0.15, -0.1) is 0 Å². The molecule has 6 heteroatoms. The highest BCUT2D eigenvalue weighted by Crippen LogP contribution is 2.24. The van der Waals surface area contributed by atoms with Crippen molar-refractivity contribution in [2.75, 3.05) is 0 Å². The van der Waals surface area contributed by atoms with Crippen molar-refractivity contribution in [1.29, 1.82) is 0 Å². The minimum absolute atomic E-state index is 0.0506. The average Bonchev–Trinajstić information content (AvgIpc) is 2.16. The number of benzene rings is 1. The molecule has 0 saturated heterocycles. The predicted molar refractivity (Wildman–Crippen MR) is 61.2 cm³/mol. The number of hydrogen-bond donors (Lipinski definition) is 0. The Morgan fingerprint density at radius 1 is 1.53 bits per heavy atom. The van der Waals surface area contributed by atoms with Gasteiger partial charge in [-0.1, -0.05) is 0 Å². The van der Waals surface area contributed by atoms with Crippen molar-refractivity contribution in [3.8, 4) is 0 Å². The molecule has 0 aliphatic carbocycles. The molecule has 0 N–H and O–H groups in total.